The summed E-state index contributed by atoms with van der Waals surface area (Å²) in [6, 6.07) is 0. The highest BCUT2D eigenvalue weighted by atomic mass is 15.2. The van der Waals surface area contributed by atoms with Crippen molar-refractivity contribution in [3.05, 3.63) is 0 Å². The monoisotopic (exact) mass is 378 g/mol. The molecule has 2 nitrogen and oxygen atoms in total. The van der Waals surface area contributed by atoms with E-state index in [1.807, 2.05) is 0 Å². The molecule has 0 saturated carbocycles. The lowest BCUT2D eigenvalue weighted by Gasteiger charge is -2.42. The molecule has 27 heavy (non-hydrogen) atoms. The molecule has 2 aliphatic heterocycles. The highest BCUT2D eigenvalue weighted by Crippen LogP contribution is 2.34. The molecule has 2 fully saturated rings. The number of rotatable bonds is 6. The summed E-state index contributed by atoms with van der Waals surface area (Å²) in [5.74, 6) is 3.76. The Kier molecular flexibility index (Phi) is 8.26. The molecule has 2 heterocycles. The van der Waals surface area contributed by atoms with Crippen molar-refractivity contribution in [2.45, 2.75) is 99.5 Å². The first-order chi connectivity index (χ1) is 12.5. The Morgan fingerprint density at radius 3 is 1.48 bits per heavy atom. The van der Waals surface area contributed by atoms with Gasteiger partial charge in [0.2, 0.25) is 0 Å². The number of hydrogen-bond acceptors (Lipinski definition) is 2. The Bertz CT molecular complexity index is 415. The van der Waals surface area contributed by atoms with Crippen molar-refractivity contribution in [1.29, 1.82) is 0 Å². The largest absolute Gasteiger partial charge is 0.303 e. The minimum Gasteiger partial charge on any atom is -0.303 e. The second-order valence-electron chi connectivity index (χ2n) is 12.2. The van der Waals surface area contributed by atoms with Crippen molar-refractivity contribution < 1.29 is 0 Å². The van der Waals surface area contributed by atoms with Gasteiger partial charge in [0.15, 0.2) is 0 Å². The van der Waals surface area contributed by atoms with E-state index < -0.39 is 0 Å². The molecule has 0 amide bonds. The zero-order chi connectivity index (χ0) is 20.2. The van der Waals surface area contributed by atoms with Crippen LogP contribution in [0.2, 0.25) is 0 Å². The third kappa shape index (κ3) is 7.69. The normalized spacial score (nSPS) is 24.9. The van der Waals surface area contributed by atoms with E-state index in [0.29, 0.717) is 11.0 Å². The van der Waals surface area contributed by atoms with Crippen molar-refractivity contribution in [2.75, 3.05) is 32.7 Å². The van der Waals surface area contributed by atoms with Crippen molar-refractivity contribution in [2.24, 2.45) is 29.1 Å². The number of likely N-dealkylation sites (tertiary alicyclic amines) is 2. The first-order valence-electron chi connectivity index (χ1n) is 11.9. The molecule has 1 unspecified atom stereocenters. The van der Waals surface area contributed by atoms with Gasteiger partial charge in [-0.2, -0.15) is 0 Å². The topological polar surface area (TPSA) is 6.48 Å². The van der Waals surface area contributed by atoms with Gasteiger partial charge in [0.05, 0.1) is 0 Å². The van der Waals surface area contributed by atoms with E-state index in [2.05, 4.69) is 65.2 Å². The second kappa shape index (κ2) is 9.61. The summed E-state index contributed by atoms with van der Waals surface area (Å²) >= 11 is 0. The number of hydrogen-bond donors (Lipinski definition) is 0. The van der Waals surface area contributed by atoms with E-state index in [1.54, 1.807) is 0 Å². The summed E-state index contributed by atoms with van der Waals surface area (Å²) in [5, 5.41) is 0. The maximum Gasteiger partial charge on any atom is 0.0125 e. The molecule has 0 aliphatic carbocycles. The summed E-state index contributed by atoms with van der Waals surface area (Å²) in [5.41, 5.74) is 0.793. The minimum absolute atomic E-state index is 0.352. The maximum absolute atomic E-state index is 2.70. The molecule has 2 aliphatic rings. The quantitative estimate of drug-likeness (QED) is 0.534. The summed E-state index contributed by atoms with van der Waals surface area (Å²) in [6.07, 6.45) is 8.58. The Morgan fingerprint density at radius 1 is 0.704 bits per heavy atom. The van der Waals surface area contributed by atoms with Crippen LogP contribution in [0.3, 0.4) is 0 Å². The maximum atomic E-state index is 2.70. The summed E-state index contributed by atoms with van der Waals surface area (Å²) in [7, 11) is 0. The number of nitrogens with zero attached hydrogens (tertiary/aromatic N) is 2. The van der Waals surface area contributed by atoms with Crippen molar-refractivity contribution in [3.63, 3.8) is 0 Å². The van der Waals surface area contributed by atoms with E-state index in [-0.39, 0.29) is 0 Å². The van der Waals surface area contributed by atoms with Gasteiger partial charge in [-0.15, -0.1) is 0 Å². The Balaban J connectivity index is 1.66. The van der Waals surface area contributed by atoms with Gasteiger partial charge in [-0.05, 0) is 102 Å². The van der Waals surface area contributed by atoms with Gasteiger partial charge >= 0.3 is 0 Å². The van der Waals surface area contributed by atoms with Crippen LogP contribution in [0.4, 0.5) is 0 Å². The van der Waals surface area contributed by atoms with Crippen LogP contribution in [-0.2, 0) is 0 Å². The van der Waals surface area contributed by atoms with Crippen LogP contribution in [-0.4, -0.2) is 48.1 Å². The predicted molar refractivity (Wildman–Crippen MR) is 120 cm³/mol. The van der Waals surface area contributed by atoms with Crippen molar-refractivity contribution in [1.82, 2.24) is 9.80 Å². The highest BCUT2D eigenvalue weighted by Gasteiger charge is 2.30. The fraction of sp³-hybridized carbons (Fsp3) is 1.00. The lowest BCUT2D eigenvalue weighted by molar-refractivity contribution is 0.0686. The second-order valence-corrected chi connectivity index (χ2v) is 12.2. The first kappa shape index (κ1) is 23.2. The highest BCUT2D eigenvalue weighted by molar-refractivity contribution is 4.84. The fourth-order valence-electron chi connectivity index (χ4n) is 5.49. The van der Waals surface area contributed by atoms with Crippen LogP contribution in [0.25, 0.3) is 0 Å². The lowest BCUT2D eigenvalue weighted by Crippen LogP contribution is -2.46. The Labute approximate surface area is 171 Å². The molecular weight excluding hydrogens is 328 g/mol. The molecule has 0 aromatic rings. The standard InChI is InChI=1S/C25H50N2/c1-20(22-11-15-26(16-12-22)19-24(3,4)5)9-10-21(2)23-13-17-27(18-14-23)25(6,7)8/h20-23H,9-19H2,1-8H3/t20?,21-/m0/s1. The predicted octanol–water partition coefficient (Wildman–Crippen LogP) is 6.31. The van der Waals surface area contributed by atoms with Gasteiger partial charge in [-0.3, -0.25) is 4.90 Å². The van der Waals surface area contributed by atoms with Crippen LogP contribution < -0.4 is 0 Å². The zero-order valence-electron chi connectivity index (χ0n) is 20.0. The van der Waals surface area contributed by atoms with Crippen LogP contribution in [0.1, 0.15) is 93.9 Å². The summed E-state index contributed by atoms with van der Waals surface area (Å²) in [4.78, 5) is 5.39. The van der Waals surface area contributed by atoms with Gasteiger partial charge in [-0.25, -0.2) is 0 Å². The van der Waals surface area contributed by atoms with Gasteiger partial charge in [0, 0.05) is 12.1 Å². The molecule has 2 saturated heterocycles. The summed E-state index contributed by atoms with van der Waals surface area (Å²) < 4.78 is 0. The molecule has 0 spiro atoms. The number of piperidine rings is 2. The minimum atomic E-state index is 0.352. The fourth-order valence-corrected chi connectivity index (χ4v) is 5.49. The van der Waals surface area contributed by atoms with E-state index in [1.165, 1.54) is 71.2 Å². The van der Waals surface area contributed by atoms with Gasteiger partial charge in [0.1, 0.15) is 0 Å². The molecule has 0 N–H and O–H groups in total. The first-order valence-corrected chi connectivity index (χ1v) is 11.9. The van der Waals surface area contributed by atoms with E-state index in [0.717, 1.165) is 23.7 Å². The van der Waals surface area contributed by atoms with Crippen molar-refractivity contribution in [3.8, 4) is 0 Å². The van der Waals surface area contributed by atoms with Crippen LogP contribution >= 0.6 is 0 Å². The molecule has 2 heteroatoms. The summed E-state index contributed by atoms with van der Waals surface area (Å²) in [6.45, 7) is 25.8. The van der Waals surface area contributed by atoms with Gasteiger partial charge in [0.25, 0.3) is 0 Å². The molecule has 2 rings (SSSR count). The smallest absolute Gasteiger partial charge is 0.0125 e. The zero-order valence-corrected chi connectivity index (χ0v) is 20.0. The molecule has 0 aromatic carbocycles. The molecular formula is C25H50N2. The molecule has 2 atom stereocenters. The Morgan fingerprint density at radius 2 is 1.11 bits per heavy atom. The van der Waals surface area contributed by atoms with Crippen molar-refractivity contribution >= 4 is 0 Å². The Hall–Kier alpha value is -0.0800. The third-order valence-electron chi connectivity index (χ3n) is 7.51. The van der Waals surface area contributed by atoms with Crippen LogP contribution in [0.15, 0.2) is 0 Å². The third-order valence-corrected chi connectivity index (χ3v) is 7.51. The van der Waals surface area contributed by atoms with E-state index in [4.69, 9.17) is 0 Å². The SMILES string of the molecule is CC(CC[C@H](C)C1CCN(C(C)(C)C)CC1)C1CCN(CC(C)(C)C)CC1. The molecule has 160 valence electrons. The molecule has 0 aromatic heterocycles. The van der Waals surface area contributed by atoms with E-state index >= 15 is 0 Å². The van der Waals surface area contributed by atoms with Crippen LogP contribution in [0.5, 0.6) is 0 Å². The average Bonchev–Trinajstić information content (AvgIpc) is 2.58. The van der Waals surface area contributed by atoms with Gasteiger partial charge in [-0.1, -0.05) is 47.5 Å². The van der Waals surface area contributed by atoms with Crippen LogP contribution in [0, 0.1) is 29.1 Å². The van der Waals surface area contributed by atoms with E-state index in [9.17, 15) is 0 Å². The molecule has 0 bridgehead atoms. The van der Waals surface area contributed by atoms with Gasteiger partial charge < -0.3 is 4.90 Å². The average molecular weight is 379 g/mol. The lowest BCUT2D eigenvalue weighted by atomic mass is 9.77. The molecule has 0 radical (unpaired) electrons.